The van der Waals surface area contributed by atoms with Gasteiger partial charge in [-0.3, -0.25) is 29.0 Å². The van der Waals surface area contributed by atoms with E-state index in [0.717, 1.165) is 40.8 Å². The van der Waals surface area contributed by atoms with Gasteiger partial charge in [-0.2, -0.15) is 0 Å². The van der Waals surface area contributed by atoms with Gasteiger partial charge < -0.3 is 40.7 Å². The van der Waals surface area contributed by atoms with E-state index < -0.39 is 30.3 Å². The number of nitrogens with one attached hydrogen (secondary N) is 4. The van der Waals surface area contributed by atoms with Gasteiger partial charge in [-0.15, -0.1) is 0 Å². The topological polar surface area (TPSA) is 182 Å². The highest BCUT2D eigenvalue weighted by atomic mass is 16.5. The van der Waals surface area contributed by atoms with Crippen LogP contribution in [0.3, 0.4) is 0 Å². The number of methoxy groups -OCH3 is 1. The van der Waals surface area contributed by atoms with E-state index in [-0.39, 0.29) is 53.5 Å². The Kier molecular flexibility index (Phi) is 16.2. The predicted octanol–water partition coefficient (Wildman–Crippen LogP) is 8.01. The second-order valence-electron chi connectivity index (χ2n) is 18.8. The molecule has 0 unspecified atom stereocenters. The number of carbonyl (C=O) groups excluding carboxylic acids is 6. The van der Waals surface area contributed by atoms with Gasteiger partial charge in [0.2, 0.25) is 29.5 Å². The summed E-state index contributed by atoms with van der Waals surface area (Å²) < 4.78 is 4.75. The van der Waals surface area contributed by atoms with Crippen molar-refractivity contribution in [1.29, 1.82) is 0 Å². The molecule has 3 aromatic carbocycles. The molecule has 3 saturated heterocycles. The second-order valence-corrected chi connectivity index (χ2v) is 18.8. The lowest BCUT2D eigenvalue weighted by Gasteiger charge is -2.34. The summed E-state index contributed by atoms with van der Waals surface area (Å²) in [5.74, 6) is -1.55. The Hall–Kier alpha value is -6.77. The fraction of sp³-hybridized carbons (Fsp3) is 0.453. The molecule has 4 N–H and O–H groups in total. The highest BCUT2D eigenvalue weighted by Gasteiger charge is 2.41. The van der Waals surface area contributed by atoms with Gasteiger partial charge in [0.1, 0.15) is 24.2 Å². The van der Waals surface area contributed by atoms with E-state index in [1.807, 2.05) is 89.3 Å². The smallest absolute Gasteiger partial charge is 0.407 e. The molecule has 3 aliphatic rings. The minimum atomic E-state index is -0.818. The summed E-state index contributed by atoms with van der Waals surface area (Å²) in [4.78, 5) is 89.3. The molecule has 0 aliphatic carbocycles. The van der Waals surface area contributed by atoms with Crippen LogP contribution in [-0.4, -0.2) is 94.8 Å². The largest absolute Gasteiger partial charge is 0.453 e. The second kappa shape index (κ2) is 22.4. The van der Waals surface area contributed by atoms with Crippen LogP contribution in [-0.2, 0) is 28.7 Å². The summed E-state index contributed by atoms with van der Waals surface area (Å²) in [5.41, 5.74) is 6.55. The molecular formula is C53H66N8O7. The number of amides is 6. The molecule has 0 spiro atoms. The average Bonchev–Trinajstić information content (AvgIpc) is 4.14. The number of aromatic nitrogens is 1. The number of ether oxygens (including phenoxy) is 1. The SMILES string of the molecule is CCCC(=O)N[C@H](C(=O)N1CCC[C@H]1C(=O)Nc1ccc([C@@H]2CC[C@@H](c3ccc(NC(=O)[C@@H]4CCCN4C(=O)[C@@H](NC(=O)OC)C(C)C)cc3)N2c2ccc(-c3cccnc3)cc2)cc1)C(C)C. The lowest BCUT2D eigenvalue weighted by molar-refractivity contribution is -0.141. The minimum absolute atomic E-state index is 0.00102. The van der Waals surface area contributed by atoms with Gasteiger partial charge >= 0.3 is 6.09 Å². The van der Waals surface area contributed by atoms with Gasteiger partial charge in [0.25, 0.3) is 0 Å². The predicted molar refractivity (Wildman–Crippen MR) is 262 cm³/mol. The molecule has 3 aliphatic heterocycles. The number of benzene rings is 3. The molecule has 4 heterocycles. The number of anilines is 3. The van der Waals surface area contributed by atoms with Gasteiger partial charge in [-0.05, 0) is 121 Å². The van der Waals surface area contributed by atoms with Gasteiger partial charge in [0.05, 0.1) is 19.2 Å². The maximum absolute atomic E-state index is 13.8. The summed E-state index contributed by atoms with van der Waals surface area (Å²) in [5, 5.41) is 11.6. The van der Waals surface area contributed by atoms with Crippen LogP contribution in [0, 0.1) is 11.8 Å². The van der Waals surface area contributed by atoms with Crippen molar-refractivity contribution >= 4 is 52.7 Å². The van der Waals surface area contributed by atoms with Crippen LogP contribution in [0.4, 0.5) is 21.9 Å². The average molecular weight is 927 g/mol. The first-order valence-corrected chi connectivity index (χ1v) is 24.1. The van der Waals surface area contributed by atoms with Crippen molar-refractivity contribution < 1.29 is 33.5 Å². The molecule has 4 aromatic rings. The molecule has 6 atom stereocenters. The lowest BCUT2D eigenvalue weighted by Crippen LogP contribution is -2.54. The van der Waals surface area contributed by atoms with Crippen LogP contribution in [0.25, 0.3) is 11.1 Å². The third-order valence-electron chi connectivity index (χ3n) is 13.5. The number of hydrogen-bond acceptors (Lipinski definition) is 9. The Morgan fingerprint density at radius 1 is 0.647 bits per heavy atom. The quantitative estimate of drug-likeness (QED) is 0.0865. The number of carbonyl (C=O) groups is 6. The first kappa shape index (κ1) is 49.1. The fourth-order valence-electron chi connectivity index (χ4n) is 9.86. The zero-order valence-corrected chi connectivity index (χ0v) is 40.1. The molecule has 3 fully saturated rings. The van der Waals surface area contributed by atoms with Crippen LogP contribution < -0.4 is 26.2 Å². The van der Waals surface area contributed by atoms with Crippen molar-refractivity contribution in [3.63, 3.8) is 0 Å². The van der Waals surface area contributed by atoms with Crippen LogP contribution in [0.2, 0.25) is 0 Å². The zero-order chi connectivity index (χ0) is 48.5. The fourth-order valence-corrected chi connectivity index (χ4v) is 9.86. The molecule has 15 nitrogen and oxygen atoms in total. The highest BCUT2D eigenvalue weighted by molar-refractivity contribution is 6.00. The van der Waals surface area contributed by atoms with Crippen molar-refractivity contribution in [1.82, 2.24) is 25.4 Å². The highest BCUT2D eigenvalue weighted by Crippen LogP contribution is 2.47. The van der Waals surface area contributed by atoms with Crippen molar-refractivity contribution in [3.05, 3.63) is 108 Å². The standard InChI is InChI=1S/C53H66N8O7/c1-7-11-46(62)57-47(33(2)3)51(65)59-30-9-13-44(59)49(63)55-39-21-15-36(16-22-39)42-27-28-43(61(42)41-25-19-35(20-26-41)38-12-8-29-54-32-38)37-17-23-40(24-18-37)56-50(64)45-14-10-31-60(45)52(66)48(34(4)5)58-53(67)68-6/h8,12,15-26,29,32-34,42-45,47-48H,7,9-11,13-14,27-28,30-31H2,1-6H3,(H,55,63)(H,56,64)(H,57,62)(H,58,67)/t42-,43-,44-,45-,47-,48-/m0/s1. The van der Waals surface area contributed by atoms with Gasteiger partial charge in [0, 0.05) is 49.0 Å². The molecule has 0 radical (unpaired) electrons. The van der Waals surface area contributed by atoms with E-state index in [1.54, 1.807) is 16.0 Å². The third kappa shape index (κ3) is 11.3. The third-order valence-corrected chi connectivity index (χ3v) is 13.5. The first-order chi connectivity index (χ1) is 32.8. The minimum Gasteiger partial charge on any atom is -0.453 e. The van der Waals surface area contributed by atoms with E-state index in [1.165, 1.54) is 7.11 Å². The molecule has 6 amide bonds. The number of rotatable bonds is 16. The van der Waals surface area contributed by atoms with Crippen molar-refractivity contribution in [2.45, 2.75) is 122 Å². The Labute approximate surface area is 399 Å². The first-order valence-electron chi connectivity index (χ1n) is 24.1. The van der Waals surface area contributed by atoms with Crippen LogP contribution in [0.5, 0.6) is 0 Å². The van der Waals surface area contributed by atoms with Gasteiger partial charge in [-0.1, -0.05) is 77.1 Å². The summed E-state index contributed by atoms with van der Waals surface area (Å²) >= 11 is 0. The van der Waals surface area contributed by atoms with Crippen LogP contribution >= 0.6 is 0 Å². The lowest BCUT2D eigenvalue weighted by atomic mass is 10.0. The molecule has 360 valence electrons. The van der Waals surface area contributed by atoms with E-state index in [4.69, 9.17) is 4.74 Å². The Morgan fingerprint density at radius 2 is 1.15 bits per heavy atom. The van der Waals surface area contributed by atoms with E-state index in [9.17, 15) is 28.8 Å². The zero-order valence-electron chi connectivity index (χ0n) is 40.1. The Bertz CT molecular complexity index is 2390. The molecule has 0 bridgehead atoms. The summed E-state index contributed by atoms with van der Waals surface area (Å²) in [6.45, 7) is 10.3. The van der Waals surface area contributed by atoms with Crippen molar-refractivity contribution in [2.75, 3.05) is 35.7 Å². The molecular weight excluding hydrogens is 861 g/mol. The molecule has 7 rings (SSSR count). The number of nitrogens with zero attached hydrogens (tertiary/aromatic N) is 4. The summed E-state index contributed by atoms with van der Waals surface area (Å²) in [6, 6.07) is 25.5. The molecule has 68 heavy (non-hydrogen) atoms. The van der Waals surface area contributed by atoms with Crippen LogP contribution in [0.1, 0.15) is 109 Å². The van der Waals surface area contributed by atoms with E-state index >= 15 is 0 Å². The number of likely N-dealkylation sites (tertiary alicyclic amines) is 2. The maximum atomic E-state index is 13.8. The normalized spacial score (nSPS) is 20.0. The van der Waals surface area contributed by atoms with Crippen molar-refractivity contribution in [3.8, 4) is 11.1 Å². The van der Waals surface area contributed by atoms with Gasteiger partial charge in [0.15, 0.2) is 0 Å². The van der Waals surface area contributed by atoms with E-state index in [2.05, 4.69) is 67.5 Å². The van der Waals surface area contributed by atoms with Gasteiger partial charge in [-0.25, -0.2) is 4.79 Å². The Morgan fingerprint density at radius 3 is 1.59 bits per heavy atom. The van der Waals surface area contributed by atoms with Crippen molar-refractivity contribution in [2.24, 2.45) is 11.8 Å². The maximum Gasteiger partial charge on any atom is 0.407 e. The Balaban J connectivity index is 1.07. The monoisotopic (exact) mass is 927 g/mol. The summed E-state index contributed by atoms with van der Waals surface area (Å²) in [6.07, 6.45) is 8.10. The molecule has 15 heteroatoms. The molecule has 1 aromatic heterocycles. The summed E-state index contributed by atoms with van der Waals surface area (Å²) in [7, 11) is 1.25. The van der Waals surface area contributed by atoms with E-state index in [0.29, 0.717) is 63.0 Å². The van der Waals surface area contributed by atoms with Crippen LogP contribution in [0.15, 0.2) is 97.3 Å². The number of pyridine rings is 1. The molecule has 0 saturated carbocycles. The number of hydrogen-bond donors (Lipinski definition) is 4. The number of alkyl carbamates (subject to hydrolysis) is 1.